The average Bonchev–Trinajstić information content (AvgIpc) is 2.33. The molecule has 0 unspecified atom stereocenters. The minimum absolute atomic E-state index is 0.0625. The molecule has 0 amide bonds. The highest BCUT2D eigenvalue weighted by Gasteiger charge is 2.16. The first-order valence-corrected chi connectivity index (χ1v) is 7.33. The van der Waals surface area contributed by atoms with Crippen LogP contribution in [-0.4, -0.2) is 18.4 Å². The summed E-state index contributed by atoms with van der Waals surface area (Å²) in [6.45, 7) is 3.58. The summed E-state index contributed by atoms with van der Waals surface area (Å²) in [6, 6.07) is 6.09. The number of sulfonamides is 1. The van der Waals surface area contributed by atoms with E-state index in [-0.39, 0.29) is 10.0 Å². The molecule has 2 aromatic rings. The third-order valence-electron chi connectivity index (χ3n) is 2.48. The van der Waals surface area contributed by atoms with Crippen LogP contribution in [0.4, 0.5) is 5.69 Å². The van der Waals surface area contributed by atoms with Gasteiger partial charge in [0.25, 0.3) is 10.0 Å². The molecule has 7 heteroatoms. The predicted molar refractivity (Wildman–Crippen MR) is 73.8 cm³/mol. The quantitative estimate of drug-likeness (QED) is 0.884. The lowest BCUT2D eigenvalue weighted by Gasteiger charge is -2.10. The van der Waals surface area contributed by atoms with Gasteiger partial charge in [-0.15, -0.1) is 0 Å². The van der Waals surface area contributed by atoms with E-state index < -0.39 is 10.0 Å². The van der Waals surface area contributed by atoms with Crippen LogP contribution in [0.3, 0.4) is 0 Å². The average molecular weight is 298 g/mol. The van der Waals surface area contributed by atoms with Gasteiger partial charge in [-0.2, -0.15) is 0 Å². The van der Waals surface area contributed by atoms with Crippen LogP contribution >= 0.6 is 11.6 Å². The van der Waals surface area contributed by atoms with Crippen molar-refractivity contribution in [1.82, 2.24) is 9.97 Å². The molecule has 0 aliphatic heterocycles. The first-order valence-electron chi connectivity index (χ1n) is 5.47. The number of pyridine rings is 2. The Morgan fingerprint density at radius 3 is 2.58 bits per heavy atom. The van der Waals surface area contributed by atoms with E-state index in [9.17, 15) is 8.42 Å². The van der Waals surface area contributed by atoms with Gasteiger partial charge in [0.05, 0.1) is 16.3 Å². The highest BCUT2D eigenvalue weighted by Crippen LogP contribution is 2.19. The van der Waals surface area contributed by atoms with Crippen LogP contribution in [0.1, 0.15) is 11.4 Å². The molecule has 0 aromatic carbocycles. The summed E-state index contributed by atoms with van der Waals surface area (Å²) < 4.78 is 26.8. The molecule has 0 atom stereocenters. The molecule has 1 N–H and O–H groups in total. The van der Waals surface area contributed by atoms with Crippen molar-refractivity contribution >= 4 is 27.3 Å². The molecular formula is C12H12ClN3O2S. The van der Waals surface area contributed by atoms with Crippen LogP contribution in [0.2, 0.25) is 5.15 Å². The SMILES string of the molecule is Cc1ccc(NS(=O)(=O)c2ccnc(Cl)c2)c(C)n1. The lowest BCUT2D eigenvalue weighted by atomic mass is 10.3. The van der Waals surface area contributed by atoms with Crippen LogP contribution in [0, 0.1) is 13.8 Å². The molecule has 0 aliphatic rings. The van der Waals surface area contributed by atoms with E-state index in [1.54, 1.807) is 19.1 Å². The number of hydrogen-bond donors (Lipinski definition) is 1. The number of hydrogen-bond acceptors (Lipinski definition) is 4. The fraction of sp³-hybridized carbons (Fsp3) is 0.167. The Kier molecular flexibility index (Phi) is 3.73. The van der Waals surface area contributed by atoms with Crippen molar-refractivity contribution in [3.05, 3.63) is 47.0 Å². The summed E-state index contributed by atoms with van der Waals surface area (Å²) in [5, 5.41) is 0.127. The lowest BCUT2D eigenvalue weighted by molar-refractivity contribution is 0.601. The Morgan fingerprint density at radius 1 is 1.21 bits per heavy atom. The van der Waals surface area contributed by atoms with Crippen LogP contribution in [0.5, 0.6) is 0 Å². The maximum absolute atomic E-state index is 12.2. The zero-order valence-corrected chi connectivity index (χ0v) is 12.0. The molecule has 19 heavy (non-hydrogen) atoms. The van der Waals surface area contributed by atoms with Crippen molar-refractivity contribution in [2.45, 2.75) is 18.7 Å². The molecule has 0 radical (unpaired) electrons. The molecule has 2 aromatic heterocycles. The van der Waals surface area contributed by atoms with Crippen molar-refractivity contribution in [3.63, 3.8) is 0 Å². The number of anilines is 1. The number of rotatable bonds is 3. The monoisotopic (exact) mass is 297 g/mol. The second-order valence-electron chi connectivity index (χ2n) is 4.01. The summed E-state index contributed by atoms with van der Waals surface area (Å²) >= 11 is 5.69. The molecule has 100 valence electrons. The summed E-state index contributed by atoms with van der Waals surface area (Å²) in [6.07, 6.45) is 1.34. The van der Waals surface area contributed by atoms with Gasteiger partial charge in [-0.3, -0.25) is 9.71 Å². The van der Waals surface area contributed by atoms with Gasteiger partial charge in [0.15, 0.2) is 0 Å². The second kappa shape index (κ2) is 5.14. The zero-order chi connectivity index (χ0) is 14.0. The molecular weight excluding hydrogens is 286 g/mol. The van der Waals surface area contributed by atoms with E-state index >= 15 is 0 Å². The van der Waals surface area contributed by atoms with Gasteiger partial charge in [0.1, 0.15) is 5.15 Å². The molecule has 0 fully saturated rings. The first-order chi connectivity index (χ1) is 8.88. The molecule has 2 rings (SSSR count). The molecule has 5 nitrogen and oxygen atoms in total. The second-order valence-corrected chi connectivity index (χ2v) is 6.08. The zero-order valence-electron chi connectivity index (χ0n) is 10.4. The number of halogens is 1. The minimum Gasteiger partial charge on any atom is -0.278 e. The molecule has 0 saturated carbocycles. The maximum atomic E-state index is 12.2. The third-order valence-corrected chi connectivity index (χ3v) is 4.05. The fourth-order valence-corrected chi connectivity index (χ4v) is 2.92. The molecule has 2 heterocycles. The summed E-state index contributed by atoms with van der Waals surface area (Å²) in [5.41, 5.74) is 1.88. The van der Waals surface area contributed by atoms with Crippen molar-refractivity contribution in [2.24, 2.45) is 0 Å². The highest BCUT2D eigenvalue weighted by atomic mass is 35.5. The molecule has 0 bridgehead atoms. The minimum atomic E-state index is -3.69. The topological polar surface area (TPSA) is 72.0 Å². The molecule has 0 saturated heterocycles. The van der Waals surface area contributed by atoms with E-state index in [1.165, 1.54) is 18.3 Å². The Labute approximate surface area is 116 Å². The molecule has 0 spiro atoms. The molecule has 0 aliphatic carbocycles. The van der Waals surface area contributed by atoms with Crippen molar-refractivity contribution in [2.75, 3.05) is 4.72 Å². The van der Waals surface area contributed by atoms with Crippen molar-refractivity contribution < 1.29 is 8.42 Å². The standard InChI is InChI=1S/C12H12ClN3O2S/c1-8-3-4-11(9(2)15-8)16-19(17,18)10-5-6-14-12(13)7-10/h3-7,16H,1-2H3. The fourth-order valence-electron chi connectivity index (χ4n) is 1.55. The Morgan fingerprint density at radius 2 is 1.95 bits per heavy atom. The largest absolute Gasteiger partial charge is 0.278 e. The van der Waals surface area contributed by atoms with Gasteiger partial charge in [-0.05, 0) is 38.1 Å². The van der Waals surface area contributed by atoms with E-state index in [1.807, 2.05) is 6.92 Å². The van der Waals surface area contributed by atoms with Gasteiger partial charge >= 0.3 is 0 Å². The Hall–Kier alpha value is -1.66. The first kappa shape index (κ1) is 13.8. The van der Waals surface area contributed by atoms with Crippen molar-refractivity contribution in [3.8, 4) is 0 Å². The van der Waals surface area contributed by atoms with Crippen LogP contribution in [0.15, 0.2) is 35.4 Å². The number of nitrogens with zero attached hydrogens (tertiary/aromatic N) is 2. The van der Waals surface area contributed by atoms with Crippen molar-refractivity contribution in [1.29, 1.82) is 0 Å². The normalized spacial score (nSPS) is 11.3. The summed E-state index contributed by atoms with van der Waals surface area (Å²) in [5.74, 6) is 0. The predicted octanol–water partition coefficient (Wildman–Crippen LogP) is 2.55. The van der Waals surface area contributed by atoms with Gasteiger partial charge in [0, 0.05) is 11.9 Å². The number of aryl methyl sites for hydroxylation is 2. The van der Waals surface area contributed by atoms with E-state index in [0.29, 0.717) is 11.4 Å². The van der Waals surface area contributed by atoms with Crippen LogP contribution in [0.25, 0.3) is 0 Å². The van der Waals surface area contributed by atoms with Gasteiger partial charge in [-0.1, -0.05) is 11.6 Å². The number of nitrogens with one attached hydrogen (secondary N) is 1. The Bertz CT molecular complexity index is 717. The maximum Gasteiger partial charge on any atom is 0.262 e. The van der Waals surface area contributed by atoms with E-state index in [2.05, 4.69) is 14.7 Å². The van der Waals surface area contributed by atoms with Crippen LogP contribution < -0.4 is 4.72 Å². The lowest BCUT2D eigenvalue weighted by Crippen LogP contribution is -2.14. The van der Waals surface area contributed by atoms with E-state index in [0.717, 1.165) is 5.69 Å². The van der Waals surface area contributed by atoms with E-state index in [4.69, 9.17) is 11.6 Å². The van der Waals surface area contributed by atoms with Gasteiger partial charge < -0.3 is 0 Å². The van der Waals surface area contributed by atoms with Crippen LogP contribution in [-0.2, 0) is 10.0 Å². The summed E-state index contributed by atoms with van der Waals surface area (Å²) in [7, 11) is -3.69. The Balaban J connectivity index is 2.36. The smallest absolute Gasteiger partial charge is 0.262 e. The van der Waals surface area contributed by atoms with Gasteiger partial charge in [0.2, 0.25) is 0 Å². The van der Waals surface area contributed by atoms with Gasteiger partial charge in [-0.25, -0.2) is 13.4 Å². The third kappa shape index (κ3) is 3.21. The number of aromatic nitrogens is 2. The highest BCUT2D eigenvalue weighted by molar-refractivity contribution is 7.92. The summed E-state index contributed by atoms with van der Waals surface area (Å²) in [4.78, 5) is 8.02.